The number of nitrogens with zero attached hydrogens (tertiary/aromatic N) is 1. The molecular formula is C20H17FN2O2. The second kappa shape index (κ2) is 6.73. The van der Waals surface area contributed by atoms with Crippen LogP contribution in [0.15, 0.2) is 65.6 Å². The number of aromatic nitrogens is 1. The van der Waals surface area contributed by atoms with Crippen molar-refractivity contribution in [3.63, 3.8) is 0 Å². The summed E-state index contributed by atoms with van der Waals surface area (Å²) in [6.07, 6.45) is 1.76. The highest BCUT2D eigenvalue weighted by Crippen LogP contribution is 2.24. The minimum Gasteiger partial charge on any atom is -0.369 e. The summed E-state index contributed by atoms with van der Waals surface area (Å²) in [7, 11) is 0. The molecule has 5 heteroatoms. The van der Waals surface area contributed by atoms with Gasteiger partial charge in [0.25, 0.3) is 5.56 Å². The molecule has 3 aromatic rings. The first-order valence-corrected chi connectivity index (χ1v) is 7.81. The minimum atomic E-state index is -0.466. The molecular weight excluding hydrogens is 319 g/mol. The lowest BCUT2D eigenvalue weighted by Gasteiger charge is -2.14. The van der Waals surface area contributed by atoms with E-state index in [4.69, 9.17) is 5.73 Å². The summed E-state index contributed by atoms with van der Waals surface area (Å²) in [5.74, 6) is -0.784. The van der Waals surface area contributed by atoms with Crippen molar-refractivity contribution in [2.24, 2.45) is 5.73 Å². The Morgan fingerprint density at radius 1 is 1.12 bits per heavy atom. The number of amides is 1. The van der Waals surface area contributed by atoms with Crippen molar-refractivity contribution in [1.29, 1.82) is 0 Å². The highest BCUT2D eigenvalue weighted by Gasteiger charge is 2.11. The van der Waals surface area contributed by atoms with Gasteiger partial charge in [0, 0.05) is 17.8 Å². The molecule has 0 aliphatic carbocycles. The van der Waals surface area contributed by atoms with Crippen LogP contribution >= 0.6 is 0 Å². The third-order valence-corrected chi connectivity index (χ3v) is 4.03. The Morgan fingerprint density at radius 2 is 1.80 bits per heavy atom. The quantitative estimate of drug-likeness (QED) is 0.796. The van der Waals surface area contributed by atoms with Crippen molar-refractivity contribution in [3.8, 4) is 16.8 Å². The molecule has 1 aromatic heterocycles. The van der Waals surface area contributed by atoms with Gasteiger partial charge < -0.3 is 5.73 Å². The zero-order valence-electron chi connectivity index (χ0n) is 13.7. The van der Waals surface area contributed by atoms with Gasteiger partial charge in [-0.15, -0.1) is 0 Å². The second-order valence-electron chi connectivity index (χ2n) is 5.86. The molecule has 4 nitrogen and oxygen atoms in total. The van der Waals surface area contributed by atoms with E-state index in [0.29, 0.717) is 11.3 Å². The molecule has 1 amide bonds. The van der Waals surface area contributed by atoms with Gasteiger partial charge in [0.1, 0.15) is 5.82 Å². The molecule has 25 heavy (non-hydrogen) atoms. The van der Waals surface area contributed by atoms with Crippen molar-refractivity contribution >= 4 is 5.91 Å². The molecule has 0 fully saturated rings. The fraction of sp³-hybridized carbons (Fsp3) is 0.100. The number of nitrogens with two attached hydrogens (primary N) is 1. The molecule has 0 aliphatic rings. The molecule has 0 saturated heterocycles. The molecule has 0 bridgehead atoms. The van der Waals surface area contributed by atoms with Crippen LogP contribution in [0.1, 0.15) is 11.1 Å². The van der Waals surface area contributed by atoms with Gasteiger partial charge in [-0.1, -0.05) is 30.3 Å². The Kier molecular flexibility index (Phi) is 4.48. The van der Waals surface area contributed by atoms with Crippen LogP contribution in [0.5, 0.6) is 0 Å². The maximum absolute atomic E-state index is 13.2. The second-order valence-corrected chi connectivity index (χ2v) is 5.86. The molecule has 0 saturated carbocycles. The van der Waals surface area contributed by atoms with Gasteiger partial charge >= 0.3 is 0 Å². The highest BCUT2D eigenvalue weighted by atomic mass is 19.1. The number of carbonyl (C=O) groups excluding carboxylic acids is 1. The van der Waals surface area contributed by atoms with Crippen LogP contribution in [0.25, 0.3) is 16.8 Å². The van der Waals surface area contributed by atoms with E-state index in [1.54, 1.807) is 42.6 Å². The summed E-state index contributed by atoms with van der Waals surface area (Å²) in [6, 6.07) is 14.7. The summed E-state index contributed by atoms with van der Waals surface area (Å²) in [5, 5.41) is 0. The van der Waals surface area contributed by atoms with Crippen molar-refractivity contribution in [3.05, 3.63) is 88.1 Å². The average molecular weight is 336 g/mol. The largest absolute Gasteiger partial charge is 0.369 e. The lowest BCUT2D eigenvalue weighted by Crippen LogP contribution is -2.21. The van der Waals surface area contributed by atoms with Crippen LogP contribution in [-0.4, -0.2) is 10.5 Å². The van der Waals surface area contributed by atoms with Crippen LogP contribution in [0.3, 0.4) is 0 Å². The number of pyridine rings is 1. The van der Waals surface area contributed by atoms with Gasteiger partial charge in [0.2, 0.25) is 5.91 Å². The van der Waals surface area contributed by atoms with Gasteiger partial charge in [-0.05, 0) is 41.8 Å². The van der Waals surface area contributed by atoms with Crippen molar-refractivity contribution in [1.82, 2.24) is 4.57 Å². The predicted molar refractivity (Wildman–Crippen MR) is 95.1 cm³/mol. The lowest BCUT2D eigenvalue weighted by atomic mass is 10.0. The van der Waals surface area contributed by atoms with E-state index in [1.165, 1.54) is 22.8 Å². The number of para-hydroxylation sites is 1. The molecule has 0 atom stereocenters. The zero-order valence-corrected chi connectivity index (χ0v) is 13.7. The molecule has 0 spiro atoms. The first-order valence-electron chi connectivity index (χ1n) is 7.81. The fourth-order valence-corrected chi connectivity index (χ4v) is 2.83. The van der Waals surface area contributed by atoms with E-state index in [2.05, 4.69) is 0 Å². The number of hydrogen-bond acceptors (Lipinski definition) is 2. The number of aryl methyl sites for hydroxylation is 1. The van der Waals surface area contributed by atoms with Gasteiger partial charge in [0.15, 0.2) is 0 Å². The Bertz CT molecular complexity index is 991. The zero-order chi connectivity index (χ0) is 18.0. The Balaban J connectivity index is 2.18. The molecule has 3 rings (SSSR count). The van der Waals surface area contributed by atoms with Crippen LogP contribution in [0.2, 0.25) is 0 Å². The summed E-state index contributed by atoms with van der Waals surface area (Å²) in [4.78, 5) is 23.8. The molecule has 2 aromatic carbocycles. The Hall–Kier alpha value is -3.21. The molecule has 0 unspecified atom stereocenters. The summed E-state index contributed by atoms with van der Waals surface area (Å²) >= 11 is 0. The third-order valence-electron chi connectivity index (χ3n) is 4.03. The minimum absolute atomic E-state index is 0.0440. The maximum Gasteiger partial charge on any atom is 0.255 e. The van der Waals surface area contributed by atoms with Gasteiger partial charge in [0.05, 0.1) is 12.1 Å². The van der Waals surface area contributed by atoms with Crippen LogP contribution in [0, 0.1) is 12.7 Å². The van der Waals surface area contributed by atoms with Crippen molar-refractivity contribution in [2.75, 3.05) is 0 Å². The van der Waals surface area contributed by atoms with Gasteiger partial charge in [-0.2, -0.15) is 0 Å². The first kappa shape index (κ1) is 16.6. The van der Waals surface area contributed by atoms with E-state index in [1.807, 2.05) is 6.92 Å². The van der Waals surface area contributed by atoms with Gasteiger partial charge in [-0.3, -0.25) is 14.2 Å². The number of primary amides is 1. The van der Waals surface area contributed by atoms with Crippen LogP contribution in [0.4, 0.5) is 4.39 Å². The summed E-state index contributed by atoms with van der Waals surface area (Å²) < 4.78 is 14.7. The predicted octanol–water partition coefficient (Wildman–Crippen LogP) is 2.98. The highest BCUT2D eigenvalue weighted by molar-refractivity contribution is 5.78. The number of halogens is 1. The van der Waals surface area contributed by atoms with E-state index in [-0.39, 0.29) is 17.8 Å². The number of benzene rings is 2. The molecule has 1 heterocycles. The van der Waals surface area contributed by atoms with Crippen LogP contribution in [-0.2, 0) is 11.2 Å². The van der Waals surface area contributed by atoms with Crippen molar-refractivity contribution in [2.45, 2.75) is 13.3 Å². The van der Waals surface area contributed by atoms with E-state index in [9.17, 15) is 14.0 Å². The SMILES string of the molecule is Cc1cc(=O)n(-c2ccccc2CC(N)=O)cc1-c1ccc(F)cc1. The summed E-state index contributed by atoms with van der Waals surface area (Å²) in [5.41, 5.74) is 8.79. The van der Waals surface area contributed by atoms with Gasteiger partial charge in [-0.25, -0.2) is 4.39 Å². The molecule has 2 N–H and O–H groups in total. The molecule has 0 aliphatic heterocycles. The Labute approximate surface area is 144 Å². The van der Waals surface area contributed by atoms with E-state index in [0.717, 1.165) is 16.7 Å². The van der Waals surface area contributed by atoms with E-state index >= 15 is 0 Å². The maximum atomic E-state index is 13.2. The molecule has 0 radical (unpaired) electrons. The summed E-state index contributed by atoms with van der Waals surface area (Å²) in [6.45, 7) is 1.83. The number of hydrogen-bond donors (Lipinski definition) is 1. The fourth-order valence-electron chi connectivity index (χ4n) is 2.83. The number of rotatable bonds is 4. The topological polar surface area (TPSA) is 65.1 Å². The Morgan fingerprint density at radius 3 is 2.48 bits per heavy atom. The number of carbonyl (C=O) groups is 1. The molecule has 126 valence electrons. The van der Waals surface area contributed by atoms with E-state index < -0.39 is 5.91 Å². The van der Waals surface area contributed by atoms with Crippen LogP contribution < -0.4 is 11.3 Å². The third kappa shape index (κ3) is 3.50. The first-order chi connectivity index (χ1) is 12.0. The van der Waals surface area contributed by atoms with Crippen molar-refractivity contribution < 1.29 is 9.18 Å². The normalized spacial score (nSPS) is 10.6. The smallest absolute Gasteiger partial charge is 0.255 e. The standard InChI is InChI=1S/C20H17FN2O2/c1-13-10-20(25)23(12-17(13)14-6-8-16(21)9-7-14)18-5-3-2-4-15(18)11-19(22)24/h2-10,12H,11H2,1H3,(H2,22,24). The lowest BCUT2D eigenvalue weighted by molar-refractivity contribution is -0.117. The monoisotopic (exact) mass is 336 g/mol. The average Bonchev–Trinajstić information content (AvgIpc) is 2.56.